The molecule has 1 aromatic carbocycles. The van der Waals surface area contributed by atoms with Gasteiger partial charge in [-0.05, 0) is 22.0 Å². The van der Waals surface area contributed by atoms with Gasteiger partial charge in [-0.25, -0.2) is 9.37 Å². The van der Waals surface area contributed by atoms with E-state index < -0.39 is 0 Å². The van der Waals surface area contributed by atoms with Gasteiger partial charge in [0.05, 0.1) is 28.7 Å². The Bertz CT molecular complexity index is 624. The third-order valence-electron chi connectivity index (χ3n) is 3.56. The molecule has 20 heavy (non-hydrogen) atoms. The van der Waals surface area contributed by atoms with Crippen molar-refractivity contribution >= 4 is 32.9 Å². The summed E-state index contributed by atoms with van der Waals surface area (Å²) in [6.45, 7) is 4.93. The summed E-state index contributed by atoms with van der Waals surface area (Å²) in [6.07, 6.45) is 0. The maximum absolute atomic E-state index is 13.7. The molecule has 0 spiro atoms. The zero-order valence-electron chi connectivity index (χ0n) is 11.0. The van der Waals surface area contributed by atoms with E-state index in [1.165, 1.54) is 6.07 Å². The molecule has 1 aromatic heterocycles. The van der Waals surface area contributed by atoms with E-state index in [0.29, 0.717) is 22.5 Å². The molecule has 1 saturated heterocycles. The van der Waals surface area contributed by atoms with E-state index in [9.17, 15) is 4.39 Å². The molecule has 0 saturated carbocycles. The van der Waals surface area contributed by atoms with Gasteiger partial charge in [0.2, 0.25) is 5.95 Å². The van der Waals surface area contributed by atoms with Crippen molar-refractivity contribution in [3.05, 3.63) is 22.4 Å². The Morgan fingerprint density at radius 1 is 1.30 bits per heavy atom. The molecule has 0 amide bonds. The zero-order valence-corrected chi connectivity index (χ0v) is 12.6. The summed E-state index contributed by atoms with van der Waals surface area (Å²) >= 11 is 3.16. The van der Waals surface area contributed by atoms with Gasteiger partial charge in [0.15, 0.2) is 0 Å². The first kappa shape index (κ1) is 13.8. The SMILES string of the molecule is Nc1nc2cc(Br)c(F)cc2n1CCN1CCOCC1. The third-order valence-corrected chi connectivity index (χ3v) is 4.17. The number of nitrogens with two attached hydrogens (primary N) is 1. The number of ether oxygens (including phenoxy) is 1. The Hall–Kier alpha value is -1.18. The van der Waals surface area contributed by atoms with Crippen LogP contribution in [0.5, 0.6) is 0 Å². The number of fused-ring (bicyclic) bond motifs is 1. The molecule has 7 heteroatoms. The van der Waals surface area contributed by atoms with Crippen molar-refractivity contribution in [1.29, 1.82) is 0 Å². The van der Waals surface area contributed by atoms with Crippen LogP contribution in [0, 0.1) is 5.82 Å². The fourth-order valence-electron chi connectivity index (χ4n) is 2.44. The van der Waals surface area contributed by atoms with Crippen LogP contribution in [-0.2, 0) is 11.3 Å². The number of anilines is 1. The van der Waals surface area contributed by atoms with Crippen LogP contribution in [-0.4, -0.2) is 47.3 Å². The first-order valence-corrected chi connectivity index (χ1v) is 7.35. The Balaban J connectivity index is 1.83. The van der Waals surface area contributed by atoms with Gasteiger partial charge in [0.1, 0.15) is 5.82 Å². The summed E-state index contributed by atoms with van der Waals surface area (Å²) in [6, 6.07) is 3.13. The van der Waals surface area contributed by atoms with Crippen molar-refractivity contribution in [2.75, 3.05) is 38.6 Å². The Kier molecular flexibility index (Phi) is 3.91. The van der Waals surface area contributed by atoms with Crippen molar-refractivity contribution in [1.82, 2.24) is 14.5 Å². The monoisotopic (exact) mass is 342 g/mol. The molecule has 108 valence electrons. The summed E-state index contributed by atoms with van der Waals surface area (Å²) in [5.74, 6) is 0.121. The second kappa shape index (κ2) is 5.67. The Morgan fingerprint density at radius 2 is 2.05 bits per heavy atom. The van der Waals surface area contributed by atoms with Crippen molar-refractivity contribution in [3.8, 4) is 0 Å². The van der Waals surface area contributed by atoms with E-state index in [-0.39, 0.29) is 5.82 Å². The van der Waals surface area contributed by atoms with Crippen molar-refractivity contribution in [3.63, 3.8) is 0 Å². The average molecular weight is 343 g/mol. The third kappa shape index (κ3) is 2.65. The molecule has 0 unspecified atom stereocenters. The number of nitrogen functional groups attached to an aromatic ring is 1. The van der Waals surface area contributed by atoms with Crippen LogP contribution in [0.3, 0.4) is 0 Å². The van der Waals surface area contributed by atoms with Gasteiger partial charge in [-0.1, -0.05) is 0 Å². The predicted molar refractivity (Wildman–Crippen MR) is 79.1 cm³/mol. The molecule has 0 bridgehead atoms. The fourth-order valence-corrected chi connectivity index (χ4v) is 2.77. The second-order valence-corrected chi connectivity index (χ2v) is 5.69. The largest absolute Gasteiger partial charge is 0.379 e. The number of hydrogen-bond donors (Lipinski definition) is 1. The molecule has 1 aliphatic heterocycles. The van der Waals surface area contributed by atoms with Crippen LogP contribution in [0.15, 0.2) is 16.6 Å². The van der Waals surface area contributed by atoms with Crippen LogP contribution in [0.25, 0.3) is 11.0 Å². The number of benzene rings is 1. The van der Waals surface area contributed by atoms with E-state index in [0.717, 1.165) is 38.4 Å². The van der Waals surface area contributed by atoms with Crippen LogP contribution in [0.2, 0.25) is 0 Å². The highest BCUT2D eigenvalue weighted by Gasteiger charge is 2.14. The van der Waals surface area contributed by atoms with E-state index in [4.69, 9.17) is 10.5 Å². The molecular weight excluding hydrogens is 327 g/mol. The molecule has 2 aromatic rings. The predicted octanol–water partition coefficient (Wildman–Crippen LogP) is 1.85. The standard InChI is InChI=1S/C13H16BrFN4O/c14-9-7-11-12(8-10(9)15)19(13(16)17-11)2-1-18-3-5-20-6-4-18/h7-8H,1-6H2,(H2,16,17). The lowest BCUT2D eigenvalue weighted by Gasteiger charge is -2.26. The highest BCUT2D eigenvalue weighted by atomic mass is 79.9. The normalized spacial score (nSPS) is 16.9. The van der Waals surface area contributed by atoms with Crippen molar-refractivity contribution < 1.29 is 9.13 Å². The number of hydrogen-bond acceptors (Lipinski definition) is 4. The smallest absolute Gasteiger partial charge is 0.201 e. The molecule has 3 rings (SSSR count). The lowest BCUT2D eigenvalue weighted by Crippen LogP contribution is -2.38. The minimum absolute atomic E-state index is 0.301. The van der Waals surface area contributed by atoms with Gasteiger partial charge >= 0.3 is 0 Å². The number of aromatic nitrogens is 2. The number of nitrogens with zero attached hydrogens (tertiary/aromatic N) is 3. The van der Waals surface area contributed by atoms with Gasteiger partial charge in [-0.15, -0.1) is 0 Å². The molecular formula is C13H16BrFN4O. The Labute approximate surface area is 124 Å². The topological polar surface area (TPSA) is 56.3 Å². The number of imidazole rings is 1. The molecule has 5 nitrogen and oxygen atoms in total. The van der Waals surface area contributed by atoms with Crippen LogP contribution < -0.4 is 5.73 Å². The lowest BCUT2D eigenvalue weighted by atomic mass is 10.3. The van der Waals surface area contributed by atoms with E-state index >= 15 is 0 Å². The molecule has 2 N–H and O–H groups in total. The van der Waals surface area contributed by atoms with E-state index in [1.807, 2.05) is 4.57 Å². The quantitative estimate of drug-likeness (QED) is 0.924. The summed E-state index contributed by atoms with van der Waals surface area (Å²) in [5, 5.41) is 0. The molecule has 0 atom stereocenters. The first-order valence-electron chi connectivity index (χ1n) is 6.56. The minimum Gasteiger partial charge on any atom is -0.379 e. The maximum atomic E-state index is 13.7. The van der Waals surface area contributed by atoms with Gasteiger partial charge in [0.25, 0.3) is 0 Å². The maximum Gasteiger partial charge on any atom is 0.201 e. The van der Waals surface area contributed by atoms with Gasteiger partial charge in [-0.2, -0.15) is 0 Å². The average Bonchev–Trinajstić information content (AvgIpc) is 2.73. The number of halogens is 2. The van der Waals surface area contributed by atoms with Crippen molar-refractivity contribution in [2.24, 2.45) is 0 Å². The van der Waals surface area contributed by atoms with Gasteiger partial charge in [0, 0.05) is 32.2 Å². The van der Waals surface area contributed by atoms with Crippen molar-refractivity contribution in [2.45, 2.75) is 6.54 Å². The van der Waals surface area contributed by atoms with Gasteiger partial charge < -0.3 is 15.0 Å². The minimum atomic E-state index is -0.301. The first-order chi connectivity index (χ1) is 9.65. The summed E-state index contributed by atoms with van der Waals surface area (Å²) in [7, 11) is 0. The highest BCUT2D eigenvalue weighted by molar-refractivity contribution is 9.10. The zero-order chi connectivity index (χ0) is 14.1. The summed E-state index contributed by atoms with van der Waals surface area (Å²) in [4.78, 5) is 6.59. The summed E-state index contributed by atoms with van der Waals surface area (Å²) < 4.78 is 21.3. The van der Waals surface area contributed by atoms with Crippen LogP contribution in [0.1, 0.15) is 0 Å². The molecule has 2 heterocycles. The van der Waals surface area contributed by atoms with Crippen LogP contribution in [0.4, 0.5) is 10.3 Å². The number of morpholine rings is 1. The molecule has 1 aliphatic rings. The molecule has 0 aliphatic carbocycles. The van der Waals surface area contributed by atoms with Crippen LogP contribution >= 0.6 is 15.9 Å². The fraction of sp³-hybridized carbons (Fsp3) is 0.462. The summed E-state index contributed by atoms with van der Waals surface area (Å²) in [5.41, 5.74) is 7.38. The molecule has 0 radical (unpaired) electrons. The molecule has 1 fully saturated rings. The Morgan fingerprint density at radius 3 is 2.80 bits per heavy atom. The van der Waals surface area contributed by atoms with E-state index in [2.05, 4.69) is 25.8 Å². The lowest BCUT2D eigenvalue weighted by molar-refractivity contribution is 0.0366. The van der Waals surface area contributed by atoms with Gasteiger partial charge in [-0.3, -0.25) is 4.90 Å². The second-order valence-electron chi connectivity index (χ2n) is 4.83. The highest BCUT2D eigenvalue weighted by Crippen LogP contribution is 2.25. The van der Waals surface area contributed by atoms with E-state index in [1.54, 1.807) is 6.07 Å². The number of rotatable bonds is 3.